The molecule has 0 aliphatic heterocycles. The van der Waals surface area contributed by atoms with Gasteiger partial charge in [0.15, 0.2) is 4.80 Å². The van der Waals surface area contributed by atoms with Crippen LogP contribution in [-0.2, 0) is 11.3 Å². The normalized spacial score (nSPS) is 12.1. The second-order valence-electron chi connectivity index (χ2n) is 5.37. The molecule has 0 aliphatic rings. The molecule has 0 fully saturated rings. The zero-order valence-corrected chi connectivity index (χ0v) is 17.8. The van der Waals surface area contributed by atoms with Gasteiger partial charge in [0.05, 0.1) is 26.9 Å². The van der Waals surface area contributed by atoms with Crippen LogP contribution in [0.15, 0.2) is 45.9 Å². The van der Waals surface area contributed by atoms with E-state index in [0.717, 1.165) is 14.7 Å². The van der Waals surface area contributed by atoms with Gasteiger partial charge in [-0.2, -0.15) is 4.99 Å². The van der Waals surface area contributed by atoms with E-state index in [9.17, 15) is 4.79 Å². The summed E-state index contributed by atoms with van der Waals surface area (Å²) in [6.45, 7) is 3.56. The number of aromatic nitrogens is 1. The molecule has 1 amide bonds. The van der Waals surface area contributed by atoms with E-state index < -0.39 is 0 Å². The van der Waals surface area contributed by atoms with E-state index in [0.29, 0.717) is 40.2 Å². The number of hydrogen-bond acceptors (Lipinski definition) is 3. The lowest BCUT2D eigenvalue weighted by molar-refractivity contribution is 0.0996. The van der Waals surface area contributed by atoms with Gasteiger partial charge in [-0.05, 0) is 43.3 Å². The Balaban J connectivity index is 2.11. The fourth-order valence-corrected chi connectivity index (χ4v) is 4.24. The monoisotopic (exact) mass is 472 g/mol. The van der Waals surface area contributed by atoms with Crippen LogP contribution in [0.1, 0.15) is 17.3 Å². The van der Waals surface area contributed by atoms with Gasteiger partial charge in [0, 0.05) is 23.2 Å². The summed E-state index contributed by atoms with van der Waals surface area (Å²) in [5.41, 5.74) is 1.29. The quantitative estimate of drug-likeness (QED) is 0.456. The van der Waals surface area contributed by atoms with Crippen molar-refractivity contribution in [3.63, 3.8) is 0 Å². The summed E-state index contributed by atoms with van der Waals surface area (Å²) < 4.78 is 9.17. The third-order valence-electron chi connectivity index (χ3n) is 3.69. The van der Waals surface area contributed by atoms with Crippen LogP contribution < -0.4 is 4.80 Å². The number of carbonyl (C=O) groups excluding carboxylic acids is 1. The second-order valence-corrected chi connectivity index (χ2v) is 8.08. The molecule has 0 unspecified atom stereocenters. The molecule has 2 aromatic carbocycles. The Bertz CT molecular complexity index is 1010. The first-order valence-corrected chi connectivity index (χ1v) is 10.3. The highest BCUT2D eigenvalue weighted by molar-refractivity contribution is 9.10. The van der Waals surface area contributed by atoms with Crippen molar-refractivity contribution in [1.82, 2.24) is 4.57 Å². The summed E-state index contributed by atoms with van der Waals surface area (Å²) in [5.74, 6) is -0.309. The standard InChI is InChI=1S/C18H15BrCl2N2O2S/c1-2-25-10-9-23-16-14(8-7-13(20)15(16)21)26-18(23)22-17(24)11-3-5-12(19)6-4-11/h3-8H,2,9-10H2,1H3. The smallest absolute Gasteiger partial charge is 0.279 e. The summed E-state index contributed by atoms with van der Waals surface area (Å²) in [6.07, 6.45) is 0. The lowest BCUT2D eigenvalue weighted by Gasteiger charge is -2.07. The third-order valence-corrected chi connectivity index (χ3v) is 6.05. The molecule has 0 saturated heterocycles. The molecule has 1 aromatic heterocycles. The van der Waals surface area contributed by atoms with E-state index in [4.69, 9.17) is 27.9 Å². The number of carbonyl (C=O) groups is 1. The molecule has 0 N–H and O–H groups in total. The maximum atomic E-state index is 12.6. The van der Waals surface area contributed by atoms with Crippen LogP contribution in [-0.4, -0.2) is 23.7 Å². The highest BCUT2D eigenvalue weighted by atomic mass is 79.9. The number of fused-ring (bicyclic) bond motifs is 1. The zero-order chi connectivity index (χ0) is 18.7. The van der Waals surface area contributed by atoms with Crippen molar-refractivity contribution >= 4 is 66.6 Å². The van der Waals surface area contributed by atoms with Crippen LogP contribution in [0.2, 0.25) is 10.0 Å². The van der Waals surface area contributed by atoms with Gasteiger partial charge in [-0.1, -0.05) is 50.5 Å². The molecule has 1 heterocycles. The van der Waals surface area contributed by atoms with Crippen LogP contribution >= 0.6 is 50.5 Å². The first kappa shape index (κ1) is 19.6. The minimum atomic E-state index is -0.309. The van der Waals surface area contributed by atoms with Crippen LogP contribution in [0.25, 0.3) is 10.2 Å². The first-order chi connectivity index (χ1) is 12.5. The summed E-state index contributed by atoms with van der Waals surface area (Å²) in [6, 6.07) is 10.7. The average molecular weight is 474 g/mol. The van der Waals surface area contributed by atoms with Crippen LogP contribution in [0, 0.1) is 0 Å². The Morgan fingerprint density at radius 2 is 1.96 bits per heavy atom. The molecule has 0 spiro atoms. The minimum absolute atomic E-state index is 0.309. The molecular weight excluding hydrogens is 459 g/mol. The topological polar surface area (TPSA) is 43.6 Å². The van der Waals surface area contributed by atoms with E-state index in [1.807, 2.05) is 29.7 Å². The number of amides is 1. The van der Waals surface area contributed by atoms with Gasteiger partial charge in [-0.3, -0.25) is 4.79 Å². The molecule has 0 bridgehead atoms. The number of halogens is 3. The highest BCUT2D eigenvalue weighted by Gasteiger charge is 2.14. The van der Waals surface area contributed by atoms with Crippen molar-refractivity contribution in [2.75, 3.05) is 13.2 Å². The molecular formula is C18H15BrCl2N2O2S. The summed E-state index contributed by atoms with van der Waals surface area (Å²) in [4.78, 5) is 17.4. The van der Waals surface area contributed by atoms with Crippen molar-refractivity contribution in [3.8, 4) is 0 Å². The lowest BCUT2D eigenvalue weighted by atomic mass is 10.2. The molecule has 0 aliphatic carbocycles. The highest BCUT2D eigenvalue weighted by Crippen LogP contribution is 2.32. The lowest BCUT2D eigenvalue weighted by Crippen LogP contribution is -2.20. The van der Waals surface area contributed by atoms with Gasteiger partial charge in [0.25, 0.3) is 5.91 Å². The Morgan fingerprint density at radius 3 is 2.65 bits per heavy atom. The summed E-state index contributed by atoms with van der Waals surface area (Å²) >= 11 is 17.3. The van der Waals surface area contributed by atoms with Gasteiger partial charge < -0.3 is 9.30 Å². The third kappa shape index (κ3) is 4.21. The van der Waals surface area contributed by atoms with Crippen molar-refractivity contribution < 1.29 is 9.53 Å². The van der Waals surface area contributed by atoms with Crippen LogP contribution in [0.5, 0.6) is 0 Å². The maximum Gasteiger partial charge on any atom is 0.279 e. The fraction of sp³-hybridized carbons (Fsp3) is 0.222. The molecule has 3 rings (SSSR count). The van der Waals surface area contributed by atoms with E-state index >= 15 is 0 Å². The van der Waals surface area contributed by atoms with Crippen molar-refractivity contribution in [2.24, 2.45) is 4.99 Å². The summed E-state index contributed by atoms with van der Waals surface area (Å²) in [5, 5.41) is 0.919. The Hall–Kier alpha value is -1.18. The molecule has 4 nitrogen and oxygen atoms in total. The first-order valence-electron chi connectivity index (χ1n) is 7.91. The van der Waals surface area contributed by atoms with E-state index in [1.165, 1.54) is 11.3 Å². The fourth-order valence-electron chi connectivity index (χ4n) is 2.44. The number of ether oxygens (including phenoxy) is 1. The molecule has 26 heavy (non-hydrogen) atoms. The van der Waals surface area contributed by atoms with Crippen LogP contribution in [0.3, 0.4) is 0 Å². The number of benzene rings is 2. The number of thiazole rings is 1. The Kier molecular flexibility index (Phi) is 6.53. The second kappa shape index (κ2) is 8.67. The molecule has 0 atom stereocenters. The zero-order valence-electron chi connectivity index (χ0n) is 13.8. The Labute approximate surface area is 173 Å². The average Bonchev–Trinajstić information content (AvgIpc) is 2.97. The van der Waals surface area contributed by atoms with E-state index in [2.05, 4.69) is 20.9 Å². The predicted octanol–water partition coefficient (Wildman–Crippen LogP) is 5.55. The number of hydrogen-bond donors (Lipinski definition) is 0. The van der Waals surface area contributed by atoms with Crippen molar-refractivity contribution in [1.29, 1.82) is 0 Å². The molecule has 8 heteroatoms. The van der Waals surface area contributed by atoms with Crippen molar-refractivity contribution in [3.05, 3.63) is 61.3 Å². The minimum Gasteiger partial charge on any atom is -0.380 e. The van der Waals surface area contributed by atoms with Crippen molar-refractivity contribution in [2.45, 2.75) is 13.5 Å². The van der Waals surface area contributed by atoms with Gasteiger partial charge in [-0.15, -0.1) is 0 Å². The van der Waals surface area contributed by atoms with Gasteiger partial charge in [0.2, 0.25) is 0 Å². The van der Waals surface area contributed by atoms with Gasteiger partial charge in [0.1, 0.15) is 0 Å². The van der Waals surface area contributed by atoms with Gasteiger partial charge in [-0.25, -0.2) is 0 Å². The molecule has 136 valence electrons. The van der Waals surface area contributed by atoms with Gasteiger partial charge >= 0.3 is 0 Å². The van der Waals surface area contributed by atoms with E-state index in [1.54, 1.807) is 18.2 Å². The molecule has 0 radical (unpaired) electrons. The number of rotatable bonds is 5. The number of nitrogens with zero attached hydrogens (tertiary/aromatic N) is 2. The summed E-state index contributed by atoms with van der Waals surface area (Å²) in [7, 11) is 0. The molecule has 0 saturated carbocycles. The van der Waals surface area contributed by atoms with Crippen LogP contribution in [0.4, 0.5) is 0 Å². The Morgan fingerprint density at radius 1 is 1.23 bits per heavy atom. The maximum absolute atomic E-state index is 12.6. The SMILES string of the molecule is CCOCCn1c(=NC(=O)c2ccc(Br)cc2)sc2ccc(Cl)c(Cl)c21. The van der Waals surface area contributed by atoms with E-state index in [-0.39, 0.29) is 5.91 Å². The molecule has 3 aromatic rings. The predicted molar refractivity (Wildman–Crippen MR) is 110 cm³/mol. The largest absolute Gasteiger partial charge is 0.380 e.